The molecule has 14 heteroatoms. The fourth-order valence-corrected chi connectivity index (χ4v) is 9.30. The van der Waals surface area contributed by atoms with Crippen molar-refractivity contribution in [3.8, 4) is 23.1 Å². The molecular weight excluding hydrogens is 785 g/mol. The van der Waals surface area contributed by atoms with Gasteiger partial charge in [-0.25, -0.2) is 19.6 Å². The Kier molecular flexibility index (Phi) is 10.5. The van der Waals surface area contributed by atoms with Crippen molar-refractivity contribution in [3.63, 3.8) is 0 Å². The van der Waals surface area contributed by atoms with Crippen LogP contribution in [-0.4, -0.2) is 87.1 Å². The average Bonchev–Trinajstić information content (AvgIpc) is 3.89. The highest BCUT2D eigenvalue weighted by Crippen LogP contribution is 2.59. The van der Waals surface area contributed by atoms with E-state index in [-0.39, 0.29) is 40.6 Å². The number of carbonyl (C=O) groups excluding carboxylic acids is 4. The molecule has 14 nitrogen and oxygen atoms in total. The fourth-order valence-electron chi connectivity index (χ4n) is 9.30. The van der Waals surface area contributed by atoms with Gasteiger partial charge < -0.3 is 39.9 Å². The lowest BCUT2D eigenvalue weighted by molar-refractivity contribution is -0.136. The first-order chi connectivity index (χ1) is 29.8. The van der Waals surface area contributed by atoms with E-state index in [2.05, 4.69) is 32.4 Å². The summed E-state index contributed by atoms with van der Waals surface area (Å²) in [5.74, 6) is 7.62. The number of likely N-dealkylation sites (tertiary alicyclic amines) is 2. The zero-order chi connectivity index (χ0) is 43.3. The lowest BCUT2D eigenvalue weighted by Gasteiger charge is -2.30. The van der Waals surface area contributed by atoms with Gasteiger partial charge in [-0.1, -0.05) is 67.6 Å². The molecule has 4 aliphatic rings. The number of hydrogen-bond acceptors (Lipinski definition) is 8. The van der Waals surface area contributed by atoms with Gasteiger partial charge in [0.25, 0.3) is 5.91 Å². The number of alkyl carbamates (subject to hydrolysis) is 2. The van der Waals surface area contributed by atoms with Crippen LogP contribution in [0.15, 0.2) is 72.9 Å². The van der Waals surface area contributed by atoms with E-state index in [4.69, 9.17) is 19.4 Å². The van der Waals surface area contributed by atoms with Crippen LogP contribution in [0.2, 0.25) is 0 Å². The van der Waals surface area contributed by atoms with E-state index in [0.29, 0.717) is 18.7 Å². The summed E-state index contributed by atoms with van der Waals surface area (Å²) >= 11 is 0. The average molecular weight is 837 g/mol. The van der Waals surface area contributed by atoms with Gasteiger partial charge in [0, 0.05) is 24.2 Å². The summed E-state index contributed by atoms with van der Waals surface area (Å²) < 4.78 is 9.72. The lowest BCUT2D eigenvalue weighted by Crippen LogP contribution is -2.51. The van der Waals surface area contributed by atoms with E-state index in [1.807, 2.05) is 103 Å². The second-order valence-corrected chi connectivity index (χ2v) is 18.1. The molecule has 0 radical (unpaired) electrons. The number of ether oxygens (including phenoxy) is 2. The zero-order valence-corrected chi connectivity index (χ0v) is 35.7. The fraction of sp³-hybridized carbons (Fsp3) is 0.417. The van der Waals surface area contributed by atoms with Crippen LogP contribution in [0.3, 0.4) is 0 Å². The third kappa shape index (κ3) is 8.11. The Balaban J connectivity index is 0.898. The number of benzene rings is 3. The highest BCUT2D eigenvalue weighted by Gasteiger charge is 2.56. The van der Waals surface area contributed by atoms with Gasteiger partial charge in [-0.2, -0.15) is 0 Å². The molecule has 5 aromatic rings. The maximum Gasteiger partial charge on any atom is 0.407 e. The summed E-state index contributed by atoms with van der Waals surface area (Å²) in [6, 6.07) is 19.4. The Morgan fingerprint density at radius 3 is 2.05 bits per heavy atom. The number of rotatable bonds is 9. The zero-order valence-electron chi connectivity index (χ0n) is 35.7. The van der Waals surface area contributed by atoms with Gasteiger partial charge in [0.1, 0.15) is 23.7 Å². The predicted octanol–water partition coefficient (Wildman–Crippen LogP) is 7.25. The molecule has 2 saturated carbocycles. The van der Waals surface area contributed by atoms with Gasteiger partial charge in [-0.05, 0) is 104 Å². The molecule has 320 valence electrons. The highest BCUT2D eigenvalue weighted by molar-refractivity contribution is 5.88. The van der Waals surface area contributed by atoms with Crippen molar-refractivity contribution < 1.29 is 28.7 Å². The lowest BCUT2D eigenvalue weighted by atomic mass is 10.0. The summed E-state index contributed by atoms with van der Waals surface area (Å²) in [5.41, 5.74) is 6.94. The van der Waals surface area contributed by atoms with Gasteiger partial charge in [0.15, 0.2) is 0 Å². The third-order valence-electron chi connectivity index (χ3n) is 13.2. The minimum Gasteiger partial charge on any atom is -0.453 e. The second-order valence-electron chi connectivity index (χ2n) is 18.1. The minimum atomic E-state index is -0.895. The Morgan fingerprint density at radius 1 is 0.774 bits per heavy atom. The van der Waals surface area contributed by atoms with Crippen molar-refractivity contribution in [3.05, 3.63) is 107 Å². The van der Waals surface area contributed by atoms with E-state index >= 15 is 0 Å². The number of fused-ring (bicyclic) bond motifs is 1. The number of nitrogens with one attached hydrogen (secondary N) is 4. The first kappa shape index (κ1) is 40.8. The van der Waals surface area contributed by atoms with Crippen LogP contribution in [-0.2, 0) is 19.1 Å². The van der Waals surface area contributed by atoms with Gasteiger partial charge >= 0.3 is 12.2 Å². The summed E-state index contributed by atoms with van der Waals surface area (Å²) in [4.78, 5) is 73.3. The van der Waals surface area contributed by atoms with Crippen LogP contribution in [0.5, 0.6) is 0 Å². The van der Waals surface area contributed by atoms with Crippen molar-refractivity contribution >= 4 is 35.0 Å². The van der Waals surface area contributed by atoms with Gasteiger partial charge in [-0.3, -0.25) is 9.59 Å². The maximum atomic E-state index is 14.3. The van der Waals surface area contributed by atoms with E-state index in [1.165, 1.54) is 14.2 Å². The molecule has 3 aromatic carbocycles. The van der Waals surface area contributed by atoms with Gasteiger partial charge in [0.05, 0.1) is 49.2 Å². The number of aromatic amines is 2. The first-order valence-electron chi connectivity index (χ1n) is 21.4. The van der Waals surface area contributed by atoms with Crippen LogP contribution >= 0.6 is 0 Å². The molecule has 2 spiro atoms. The Hall–Kier alpha value is -6.62. The number of amides is 4. The SMILES string of the molecule is COC(=O)N[C@H](C(=O)N1CC2(CC2)C[C@H]1c1ncc(-c2ccc(C#Cc3ccc4nc([C@@H]5CC6(CC6)CN5C(=O)[C@H](NC(=O)OC)c5cccc(C)c5)[nH]c4c3)cc2)[nH]1)C(C)C. The molecular formula is C48H52N8O6. The van der Waals surface area contributed by atoms with Crippen LogP contribution in [0, 0.1) is 35.5 Å². The molecule has 0 bridgehead atoms. The van der Waals surface area contributed by atoms with Crippen LogP contribution in [0.25, 0.3) is 22.3 Å². The minimum absolute atomic E-state index is 0.0631. The Morgan fingerprint density at radius 2 is 1.40 bits per heavy atom. The molecule has 9 rings (SSSR count). The van der Waals surface area contributed by atoms with Crippen molar-refractivity contribution in [2.75, 3.05) is 27.3 Å². The van der Waals surface area contributed by atoms with Gasteiger partial charge in [-0.15, -0.1) is 0 Å². The molecule has 4 amide bonds. The third-order valence-corrected chi connectivity index (χ3v) is 13.2. The summed E-state index contributed by atoms with van der Waals surface area (Å²) in [5, 5.41) is 5.52. The van der Waals surface area contributed by atoms with E-state index in [1.54, 1.807) is 0 Å². The molecule has 62 heavy (non-hydrogen) atoms. The number of imidazole rings is 2. The molecule has 4 N–H and O–H groups in total. The topological polar surface area (TPSA) is 175 Å². The normalized spacial score (nSPS) is 20.2. The number of aryl methyl sites for hydroxylation is 1. The Bertz CT molecular complexity index is 2610. The summed E-state index contributed by atoms with van der Waals surface area (Å²) in [6.07, 6.45) is 6.42. The van der Waals surface area contributed by atoms with Crippen molar-refractivity contribution in [1.29, 1.82) is 0 Å². The summed E-state index contributed by atoms with van der Waals surface area (Å²) in [7, 11) is 2.59. The smallest absolute Gasteiger partial charge is 0.407 e. The maximum absolute atomic E-state index is 14.3. The van der Waals surface area contributed by atoms with Crippen LogP contribution < -0.4 is 10.6 Å². The van der Waals surface area contributed by atoms with Crippen LogP contribution in [0.1, 0.15) is 104 Å². The van der Waals surface area contributed by atoms with Crippen LogP contribution in [0.4, 0.5) is 9.59 Å². The number of hydrogen-bond donors (Lipinski definition) is 4. The van der Waals surface area contributed by atoms with E-state index in [0.717, 1.165) is 89.2 Å². The quantitative estimate of drug-likeness (QED) is 0.112. The predicted molar refractivity (Wildman–Crippen MR) is 231 cm³/mol. The van der Waals surface area contributed by atoms with E-state index in [9.17, 15) is 19.2 Å². The van der Waals surface area contributed by atoms with Gasteiger partial charge in [0.2, 0.25) is 5.91 Å². The number of H-pyrrole nitrogens is 2. The largest absolute Gasteiger partial charge is 0.453 e. The van der Waals surface area contributed by atoms with E-state index < -0.39 is 24.3 Å². The molecule has 4 heterocycles. The molecule has 2 aliphatic carbocycles. The van der Waals surface area contributed by atoms with Crippen molar-refractivity contribution in [1.82, 2.24) is 40.4 Å². The molecule has 2 aliphatic heterocycles. The first-order valence-corrected chi connectivity index (χ1v) is 21.4. The highest BCUT2D eigenvalue weighted by atomic mass is 16.5. The number of aromatic nitrogens is 4. The molecule has 4 fully saturated rings. The summed E-state index contributed by atoms with van der Waals surface area (Å²) in [6.45, 7) is 7.04. The van der Waals surface area contributed by atoms with Crippen molar-refractivity contribution in [2.45, 2.75) is 83.5 Å². The monoisotopic (exact) mass is 836 g/mol. The Labute approximate surface area is 360 Å². The molecule has 2 saturated heterocycles. The second kappa shape index (κ2) is 16.0. The molecule has 0 unspecified atom stereocenters. The standard InChI is InChI=1S/C48H52N8O6/c1-28(2)39(53-45(59)61-4)43(57)55-26-47(17-18-47)23-37(55)41-49-25-36(52-41)32-14-11-30(12-15-32)9-10-31-13-16-34-35(22-31)51-42(50-34)38-24-48(19-20-48)27-56(38)44(58)40(54-46(60)62-5)33-8-6-7-29(3)21-33/h6-8,11-16,21-22,25,28,37-40H,17-20,23-24,26-27H2,1-5H3,(H,49,52)(H,50,51)(H,53,59)(H,54,60)/t37-,38-,39-,40+/m0/s1. The molecule has 4 atom stereocenters. The number of nitrogens with zero attached hydrogens (tertiary/aromatic N) is 4. The molecule has 2 aromatic heterocycles. The number of carbonyl (C=O) groups is 4. The van der Waals surface area contributed by atoms with Crippen molar-refractivity contribution in [2.24, 2.45) is 16.7 Å². The number of methoxy groups -OCH3 is 2.